The van der Waals surface area contributed by atoms with Crippen molar-refractivity contribution in [3.05, 3.63) is 47.8 Å². The predicted octanol–water partition coefficient (Wildman–Crippen LogP) is 3.42. The Morgan fingerprint density at radius 3 is 2.77 bits per heavy atom. The van der Waals surface area contributed by atoms with Crippen LogP contribution in [0.25, 0.3) is 16.9 Å². The van der Waals surface area contributed by atoms with Gasteiger partial charge in [-0.1, -0.05) is 0 Å². The Labute approximate surface area is 175 Å². The number of hydrogen-bond acceptors (Lipinski definition) is 6. The van der Waals surface area contributed by atoms with Crippen LogP contribution in [0.5, 0.6) is 5.75 Å². The number of rotatable bonds is 5. The van der Waals surface area contributed by atoms with E-state index in [4.69, 9.17) is 14.6 Å². The van der Waals surface area contributed by atoms with Crippen LogP contribution in [0.3, 0.4) is 0 Å². The second-order valence-corrected chi connectivity index (χ2v) is 8.35. The van der Waals surface area contributed by atoms with Crippen molar-refractivity contribution in [2.45, 2.75) is 51.3 Å². The fraction of sp³-hybridized carbons (Fsp3) is 0.435. The first-order chi connectivity index (χ1) is 14.5. The van der Waals surface area contributed by atoms with E-state index in [1.165, 1.54) is 11.3 Å². The fourth-order valence-electron chi connectivity index (χ4n) is 4.78. The van der Waals surface area contributed by atoms with Crippen LogP contribution in [0.15, 0.2) is 36.5 Å². The summed E-state index contributed by atoms with van der Waals surface area (Å²) in [6.07, 6.45) is 4.85. The molecule has 5 rings (SSSR count). The third kappa shape index (κ3) is 3.23. The lowest BCUT2D eigenvalue weighted by molar-refractivity contribution is -0.149. The van der Waals surface area contributed by atoms with E-state index in [2.05, 4.69) is 9.88 Å². The molecule has 0 unspecified atom stereocenters. The van der Waals surface area contributed by atoms with E-state index in [9.17, 15) is 4.79 Å². The third-order valence-electron chi connectivity index (χ3n) is 6.11. The number of hydrogen-bond donors (Lipinski definition) is 0. The number of aromatic nitrogens is 3. The van der Waals surface area contributed by atoms with Crippen molar-refractivity contribution in [1.29, 1.82) is 0 Å². The molecule has 0 spiro atoms. The zero-order valence-electron chi connectivity index (χ0n) is 17.5. The highest BCUT2D eigenvalue weighted by Gasteiger charge is 2.42. The van der Waals surface area contributed by atoms with Gasteiger partial charge in [0, 0.05) is 41.9 Å². The first kappa shape index (κ1) is 19.1. The van der Waals surface area contributed by atoms with Crippen LogP contribution in [-0.4, -0.2) is 51.3 Å². The van der Waals surface area contributed by atoms with Gasteiger partial charge in [0.2, 0.25) is 0 Å². The van der Waals surface area contributed by atoms with Gasteiger partial charge in [-0.2, -0.15) is 5.10 Å². The maximum absolute atomic E-state index is 12.3. The Hall–Kier alpha value is -2.93. The quantitative estimate of drug-likeness (QED) is 0.605. The highest BCUT2D eigenvalue weighted by Crippen LogP contribution is 2.43. The van der Waals surface area contributed by atoms with Crippen molar-refractivity contribution in [2.75, 3.05) is 13.7 Å². The fourth-order valence-corrected chi connectivity index (χ4v) is 4.78. The Morgan fingerprint density at radius 2 is 2.03 bits per heavy atom. The Kier molecular flexibility index (Phi) is 4.70. The molecule has 2 atom stereocenters. The molecule has 0 aliphatic carbocycles. The van der Waals surface area contributed by atoms with Crippen molar-refractivity contribution >= 4 is 11.6 Å². The van der Waals surface area contributed by atoms with Gasteiger partial charge in [0.25, 0.3) is 0 Å². The van der Waals surface area contributed by atoms with Crippen molar-refractivity contribution in [2.24, 2.45) is 0 Å². The normalized spacial score (nSPS) is 20.5. The molecule has 4 heterocycles. The van der Waals surface area contributed by atoms with Crippen LogP contribution in [-0.2, 0) is 16.0 Å². The molecule has 30 heavy (non-hydrogen) atoms. The van der Waals surface area contributed by atoms with Gasteiger partial charge >= 0.3 is 5.97 Å². The first-order valence-electron chi connectivity index (χ1n) is 10.5. The largest absolute Gasteiger partial charge is 0.497 e. The van der Waals surface area contributed by atoms with Crippen molar-refractivity contribution in [3.63, 3.8) is 0 Å². The number of carbonyl (C=O) groups is 1. The van der Waals surface area contributed by atoms with E-state index < -0.39 is 0 Å². The van der Waals surface area contributed by atoms with Gasteiger partial charge in [0.1, 0.15) is 5.75 Å². The lowest BCUT2D eigenvalue weighted by Gasteiger charge is -2.35. The van der Waals surface area contributed by atoms with E-state index in [1.54, 1.807) is 7.11 Å². The van der Waals surface area contributed by atoms with Gasteiger partial charge in [-0.15, -0.1) is 0 Å². The Balaban J connectivity index is 1.47. The molecule has 2 bridgehead atoms. The zero-order valence-corrected chi connectivity index (χ0v) is 17.5. The summed E-state index contributed by atoms with van der Waals surface area (Å²) >= 11 is 0. The smallest absolute Gasteiger partial charge is 0.320 e. The number of fused-ring (bicyclic) bond motifs is 6. The van der Waals surface area contributed by atoms with Gasteiger partial charge in [0.05, 0.1) is 31.1 Å². The highest BCUT2D eigenvalue weighted by molar-refractivity contribution is 5.72. The molecule has 0 saturated carbocycles. The third-order valence-corrected chi connectivity index (χ3v) is 6.11. The molecule has 7 heteroatoms. The molecular formula is C23H26N4O3. The summed E-state index contributed by atoms with van der Waals surface area (Å²) in [5.74, 6) is 0.672. The molecule has 0 N–H and O–H groups in total. The molecule has 3 aromatic rings. The summed E-state index contributed by atoms with van der Waals surface area (Å²) in [6.45, 7) is 4.11. The molecule has 1 fully saturated rings. The maximum Gasteiger partial charge on any atom is 0.320 e. The van der Waals surface area contributed by atoms with Gasteiger partial charge in [0.15, 0.2) is 5.65 Å². The number of ether oxygens (including phenoxy) is 2. The summed E-state index contributed by atoms with van der Waals surface area (Å²) in [5, 5.41) is 4.88. The van der Waals surface area contributed by atoms with Crippen molar-refractivity contribution < 1.29 is 14.3 Å². The van der Waals surface area contributed by atoms with E-state index >= 15 is 0 Å². The summed E-state index contributed by atoms with van der Waals surface area (Å²) in [7, 11) is 1.66. The van der Waals surface area contributed by atoms with Crippen LogP contribution >= 0.6 is 0 Å². The maximum atomic E-state index is 12.3. The van der Waals surface area contributed by atoms with Crippen molar-refractivity contribution in [3.8, 4) is 17.0 Å². The molecular weight excluding hydrogens is 380 g/mol. The topological polar surface area (TPSA) is 69.0 Å². The second-order valence-electron chi connectivity index (χ2n) is 8.35. The molecule has 2 aliphatic heterocycles. The number of nitrogens with zero attached hydrogens (tertiary/aromatic N) is 4. The summed E-state index contributed by atoms with van der Waals surface area (Å²) in [5.41, 5.74) is 5.17. The minimum absolute atomic E-state index is 0.0889. The molecule has 1 aromatic carbocycles. The van der Waals surface area contributed by atoms with E-state index in [1.807, 2.05) is 54.9 Å². The molecule has 156 valence electrons. The highest BCUT2D eigenvalue weighted by atomic mass is 16.5. The van der Waals surface area contributed by atoms with Crippen LogP contribution < -0.4 is 4.74 Å². The second kappa shape index (κ2) is 7.40. The van der Waals surface area contributed by atoms with Gasteiger partial charge in [-0.05, 0) is 51.0 Å². The molecule has 7 nitrogen and oxygen atoms in total. The molecule has 2 aliphatic rings. The van der Waals surface area contributed by atoms with Gasteiger partial charge < -0.3 is 9.47 Å². The zero-order chi connectivity index (χ0) is 20.8. The van der Waals surface area contributed by atoms with Crippen molar-refractivity contribution in [1.82, 2.24) is 19.5 Å². The van der Waals surface area contributed by atoms with Crippen LogP contribution in [0, 0.1) is 0 Å². The van der Waals surface area contributed by atoms with Gasteiger partial charge in [-0.25, -0.2) is 9.50 Å². The van der Waals surface area contributed by atoms with E-state index in [0.29, 0.717) is 12.6 Å². The van der Waals surface area contributed by atoms with E-state index in [-0.39, 0.29) is 18.1 Å². The molecule has 0 radical (unpaired) electrons. The SMILES string of the molecule is COc1ccc(-c2cc3ncc4c(n3n2)C[C@@H]2CC[C@H]4N2CC(=O)OC(C)C)cc1. The summed E-state index contributed by atoms with van der Waals surface area (Å²) in [6, 6.07) is 10.5. The summed E-state index contributed by atoms with van der Waals surface area (Å²) < 4.78 is 12.6. The minimum atomic E-state index is -0.153. The number of benzene rings is 1. The average Bonchev–Trinajstić information content (AvgIpc) is 3.27. The molecule has 2 aromatic heterocycles. The summed E-state index contributed by atoms with van der Waals surface area (Å²) in [4.78, 5) is 19.2. The minimum Gasteiger partial charge on any atom is -0.497 e. The first-order valence-corrected chi connectivity index (χ1v) is 10.5. The Bertz CT molecular complexity index is 1090. The van der Waals surface area contributed by atoms with Crippen LogP contribution in [0.2, 0.25) is 0 Å². The lowest BCUT2D eigenvalue weighted by Crippen LogP contribution is -2.42. The monoisotopic (exact) mass is 406 g/mol. The predicted molar refractivity (Wildman–Crippen MR) is 112 cm³/mol. The van der Waals surface area contributed by atoms with Crippen LogP contribution in [0.4, 0.5) is 0 Å². The number of methoxy groups -OCH3 is 1. The lowest BCUT2D eigenvalue weighted by atomic mass is 9.99. The molecule has 0 amide bonds. The van der Waals surface area contributed by atoms with Gasteiger partial charge in [-0.3, -0.25) is 9.69 Å². The average molecular weight is 406 g/mol. The van der Waals surface area contributed by atoms with E-state index in [0.717, 1.165) is 41.9 Å². The number of carbonyl (C=O) groups excluding carboxylic acids is 1. The number of esters is 1. The molecule has 1 saturated heterocycles. The van der Waals surface area contributed by atoms with Crippen LogP contribution in [0.1, 0.15) is 44.0 Å². The standard InChI is InChI=1S/C23H26N4O3/c1-14(2)30-23(28)13-26-16-6-9-20(26)18-12-24-22-11-19(25-27(22)21(18)10-16)15-4-7-17(29-3)8-5-15/h4-5,7-8,11-12,14,16,20H,6,9-10,13H2,1-3H3/t16-,20+/m0/s1. The Morgan fingerprint density at radius 1 is 1.23 bits per heavy atom.